The minimum absolute atomic E-state index is 0.299. The number of para-hydroxylation sites is 1. The molecule has 0 heterocycles. The topological polar surface area (TPSA) is 70.1 Å². The summed E-state index contributed by atoms with van der Waals surface area (Å²) in [5, 5.41) is 8.32. The Balaban J connectivity index is 2.81. The maximum Gasteiger partial charge on any atom is 0.319 e. The Hall–Kier alpha value is -2.28. The Kier molecular flexibility index (Phi) is 3.92. The molecule has 1 aromatic carbocycles. The molecule has 1 rings (SSSR count). The smallest absolute Gasteiger partial charge is 0.319 e. The zero-order chi connectivity index (χ0) is 11.1. The summed E-state index contributed by atoms with van der Waals surface area (Å²) in [6, 6.07) is 10.4. The average Bonchev–Trinajstić information content (AvgIpc) is 2.25. The summed E-state index contributed by atoms with van der Waals surface area (Å²) in [6.45, 7) is 0.299. The van der Waals surface area contributed by atoms with Gasteiger partial charge in [-0.2, -0.15) is 5.26 Å². The van der Waals surface area contributed by atoms with Crippen LogP contribution in [-0.4, -0.2) is 12.6 Å². The van der Waals surface area contributed by atoms with Gasteiger partial charge in [0.15, 0.2) is 0 Å². The average molecular weight is 201 g/mol. The number of primary amides is 1. The number of rotatable bonds is 3. The second kappa shape index (κ2) is 5.45. The number of nitrogens with zero attached hydrogens (tertiary/aromatic N) is 2. The van der Waals surface area contributed by atoms with Crippen LogP contribution in [0, 0.1) is 11.3 Å². The molecule has 0 saturated heterocycles. The second-order valence-electron chi connectivity index (χ2n) is 2.82. The summed E-state index contributed by atoms with van der Waals surface area (Å²) >= 11 is 0. The molecule has 1 aromatic rings. The number of hydrogen-bond donors (Lipinski definition) is 1. The first-order valence-corrected chi connectivity index (χ1v) is 4.42. The number of allylic oxidation sites excluding steroid dienone is 1. The normalized spacial score (nSPS) is 9.80. The molecule has 0 aliphatic heterocycles. The van der Waals surface area contributed by atoms with E-state index in [1.54, 1.807) is 18.2 Å². The van der Waals surface area contributed by atoms with Crippen LogP contribution in [0.1, 0.15) is 0 Å². The third-order valence-electron chi connectivity index (χ3n) is 1.81. The lowest BCUT2D eigenvalue weighted by Gasteiger charge is -2.18. The second-order valence-corrected chi connectivity index (χ2v) is 2.82. The predicted octanol–water partition coefficient (Wildman–Crippen LogP) is 1.65. The van der Waals surface area contributed by atoms with E-state index in [1.165, 1.54) is 11.0 Å². The van der Waals surface area contributed by atoms with Crippen LogP contribution in [0.25, 0.3) is 0 Å². The van der Waals surface area contributed by atoms with Crippen LogP contribution in [0.5, 0.6) is 0 Å². The summed E-state index contributed by atoms with van der Waals surface area (Å²) in [4.78, 5) is 12.5. The fraction of sp³-hybridized carbons (Fsp3) is 0.0909. The summed E-state index contributed by atoms with van der Waals surface area (Å²) in [5.41, 5.74) is 5.94. The van der Waals surface area contributed by atoms with Crippen molar-refractivity contribution in [2.45, 2.75) is 0 Å². The van der Waals surface area contributed by atoms with Crippen molar-refractivity contribution >= 4 is 11.7 Å². The zero-order valence-electron chi connectivity index (χ0n) is 8.13. The summed E-state index contributed by atoms with van der Waals surface area (Å²) in [6.07, 6.45) is 2.90. The standard InChI is InChI=1S/C11H11N3O/c12-8-4-5-9-14(11(13)15)10-6-2-1-3-7-10/h1-7H,9H2,(H2,13,15). The van der Waals surface area contributed by atoms with E-state index in [2.05, 4.69) is 0 Å². The monoisotopic (exact) mass is 201 g/mol. The number of carbonyl (C=O) groups excluding carboxylic acids is 1. The van der Waals surface area contributed by atoms with Crippen molar-refractivity contribution in [3.63, 3.8) is 0 Å². The highest BCUT2D eigenvalue weighted by Crippen LogP contribution is 2.12. The lowest BCUT2D eigenvalue weighted by atomic mass is 10.3. The van der Waals surface area contributed by atoms with E-state index < -0.39 is 6.03 Å². The molecule has 2 N–H and O–H groups in total. The SMILES string of the molecule is N#CC=CCN(C(N)=O)c1ccccc1. The van der Waals surface area contributed by atoms with E-state index in [-0.39, 0.29) is 0 Å². The van der Waals surface area contributed by atoms with E-state index >= 15 is 0 Å². The van der Waals surface area contributed by atoms with Crippen LogP contribution in [0.15, 0.2) is 42.5 Å². The van der Waals surface area contributed by atoms with Gasteiger partial charge in [-0.3, -0.25) is 4.90 Å². The van der Waals surface area contributed by atoms with E-state index in [4.69, 9.17) is 11.0 Å². The van der Waals surface area contributed by atoms with Crippen molar-refractivity contribution < 1.29 is 4.79 Å². The van der Waals surface area contributed by atoms with Gasteiger partial charge in [0.05, 0.1) is 6.07 Å². The summed E-state index contributed by atoms with van der Waals surface area (Å²) in [7, 11) is 0. The molecular weight excluding hydrogens is 190 g/mol. The molecule has 0 unspecified atom stereocenters. The van der Waals surface area contributed by atoms with Gasteiger partial charge in [-0.15, -0.1) is 0 Å². The summed E-state index contributed by atoms with van der Waals surface area (Å²) in [5.74, 6) is 0. The molecule has 0 fully saturated rings. The number of carbonyl (C=O) groups is 1. The molecule has 0 saturated carbocycles. The molecule has 0 spiro atoms. The van der Waals surface area contributed by atoms with Gasteiger partial charge in [-0.05, 0) is 12.1 Å². The van der Waals surface area contributed by atoms with Crippen LogP contribution in [0.2, 0.25) is 0 Å². The van der Waals surface area contributed by atoms with Gasteiger partial charge in [0.25, 0.3) is 0 Å². The molecule has 0 aromatic heterocycles. The Morgan fingerprint density at radius 2 is 2.13 bits per heavy atom. The first-order chi connectivity index (χ1) is 7.25. The number of amides is 2. The van der Waals surface area contributed by atoms with Crippen molar-refractivity contribution in [1.82, 2.24) is 0 Å². The van der Waals surface area contributed by atoms with Crippen molar-refractivity contribution in [1.29, 1.82) is 5.26 Å². The fourth-order valence-electron chi connectivity index (χ4n) is 1.14. The Bertz CT molecular complexity index is 392. The Morgan fingerprint density at radius 1 is 1.47 bits per heavy atom. The molecule has 15 heavy (non-hydrogen) atoms. The Labute approximate surface area is 88.2 Å². The number of nitriles is 1. The molecule has 4 nitrogen and oxygen atoms in total. The van der Waals surface area contributed by atoms with Gasteiger partial charge in [-0.1, -0.05) is 24.3 Å². The van der Waals surface area contributed by atoms with Crippen molar-refractivity contribution in [2.24, 2.45) is 5.73 Å². The van der Waals surface area contributed by atoms with Crippen LogP contribution in [-0.2, 0) is 0 Å². The van der Waals surface area contributed by atoms with Crippen LogP contribution in [0.4, 0.5) is 10.5 Å². The van der Waals surface area contributed by atoms with Gasteiger partial charge in [0.1, 0.15) is 0 Å². The third-order valence-corrected chi connectivity index (χ3v) is 1.81. The molecule has 0 atom stereocenters. The molecule has 76 valence electrons. The number of urea groups is 1. The lowest BCUT2D eigenvalue weighted by Crippen LogP contribution is -2.35. The van der Waals surface area contributed by atoms with E-state index in [1.807, 2.05) is 24.3 Å². The first-order valence-electron chi connectivity index (χ1n) is 4.42. The molecular formula is C11H11N3O. The Morgan fingerprint density at radius 3 is 2.67 bits per heavy atom. The van der Waals surface area contributed by atoms with Crippen molar-refractivity contribution in [2.75, 3.05) is 11.4 Å². The van der Waals surface area contributed by atoms with E-state index in [0.717, 1.165) is 0 Å². The first kappa shape index (κ1) is 10.8. The van der Waals surface area contributed by atoms with Crippen LogP contribution in [0.3, 0.4) is 0 Å². The minimum atomic E-state index is -0.538. The molecule has 0 radical (unpaired) electrons. The number of nitrogens with two attached hydrogens (primary N) is 1. The molecule has 0 aliphatic rings. The van der Waals surface area contributed by atoms with E-state index in [9.17, 15) is 4.79 Å². The van der Waals surface area contributed by atoms with E-state index in [0.29, 0.717) is 12.2 Å². The van der Waals surface area contributed by atoms with Gasteiger partial charge >= 0.3 is 6.03 Å². The number of benzene rings is 1. The molecule has 4 heteroatoms. The fourth-order valence-corrected chi connectivity index (χ4v) is 1.14. The van der Waals surface area contributed by atoms with Gasteiger partial charge < -0.3 is 5.73 Å². The summed E-state index contributed by atoms with van der Waals surface area (Å²) < 4.78 is 0. The third kappa shape index (κ3) is 3.16. The minimum Gasteiger partial charge on any atom is -0.351 e. The lowest BCUT2D eigenvalue weighted by molar-refractivity contribution is 0.254. The highest BCUT2D eigenvalue weighted by molar-refractivity contribution is 5.90. The van der Waals surface area contributed by atoms with Crippen molar-refractivity contribution in [3.8, 4) is 6.07 Å². The maximum atomic E-state index is 11.1. The highest BCUT2D eigenvalue weighted by Gasteiger charge is 2.08. The molecule has 0 aliphatic carbocycles. The maximum absolute atomic E-state index is 11.1. The van der Waals surface area contributed by atoms with Gasteiger partial charge in [0.2, 0.25) is 0 Å². The zero-order valence-corrected chi connectivity index (χ0v) is 8.13. The number of hydrogen-bond acceptors (Lipinski definition) is 2. The predicted molar refractivity (Wildman–Crippen MR) is 58.1 cm³/mol. The number of anilines is 1. The van der Waals surface area contributed by atoms with Crippen molar-refractivity contribution in [3.05, 3.63) is 42.5 Å². The van der Waals surface area contributed by atoms with Crippen LogP contribution >= 0.6 is 0 Å². The largest absolute Gasteiger partial charge is 0.351 e. The highest BCUT2D eigenvalue weighted by atomic mass is 16.2. The van der Waals surface area contributed by atoms with Gasteiger partial charge in [0, 0.05) is 18.3 Å². The quantitative estimate of drug-likeness (QED) is 0.755. The molecule has 0 bridgehead atoms. The van der Waals surface area contributed by atoms with Gasteiger partial charge in [-0.25, -0.2) is 4.79 Å². The van der Waals surface area contributed by atoms with Crippen LogP contribution < -0.4 is 10.6 Å². The molecule has 2 amide bonds.